The molecule has 1 atom stereocenters. The number of aromatic nitrogens is 1. The molecule has 5 heteroatoms. The van der Waals surface area contributed by atoms with E-state index in [4.69, 9.17) is 4.74 Å². The van der Waals surface area contributed by atoms with Crippen molar-refractivity contribution in [3.8, 4) is 0 Å². The Kier molecular flexibility index (Phi) is 3.98. The molecule has 1 amide bonds. The molecule has 0 saturated carbocycles. The lowest BCUT2D eigenvalue weighted by atomic mass is 9.86. The van der Waals surface area contributed by atoms with Gasteiger partial charge in [0.1, 0.15) is 5.60 Å². The highest BCUT2D eigenvalue weighted by Crippen LogP contribution is 2.41. The van der Waals surface area contributed by atoms with Gasteiger partial charge in [0.2, 0.25) is 0 Å². The first-order chi connectivity index (χ1) is 10.8. The van der Waals surface area contributed by atoms with Crippen LogP contribution in [0, 0.1) is 12.3 Å². The number of nitrogens with zero attached hydrogens (tertiary/aromatic N) is 3. The molecular weight excluding hydrogens is 290 g/mol. The van der Waals surface area contributed by atoms with Gasteiger partial charge in [-0.2, -0.15) is 0 Å². The van der Waals surface area contributed by atoms with Crippen LogP contribution in [0.4, 0.5) is 10.5 Å². The average molecular weight is 317 g/mol. The van der Waals surface area contributed by atoms with Gasteiger partial charge in [0.05, 0.1) is 0 Å². The highest BCUT2D eigenvalue weighted by Gasteiger charge is 2.45. The van der Waals surface area contributed by atoms with Crippen LogP contribution >= 0.6 is 0 Å². The number of aryl methyl sites for hydroxylation is 1. The minimum atomic E-state index is -0.427. The first kappa shape index (κ1) is 16.1. The van der Waals surface area contributed by atoms with Crippen molar-refractivity contribution in [2.24, 2.45) is 5.41 Å². The molecular formula is C18H27N3O2. The Bertz CT molecular complexity index is 596. The standard InChI is InChI=1S/C18H27N3O2/c1-14-11-15(5-8-19-14)20-9-6-18(12-20)7-10-21(13-18)16(22)23-17(2,3)4/h5,8,11H,6-7,9-10,12-13H2,1-4H3. The predicted molar refractivity (Wildman–Crippen MR) is 90.7 cm³/mol. The summed E-state index contributed by atoms with van der Waals surface area (Å²) in [5, 5.41) is 0. The Morgan fingerprint density at radius 1 is 1.26 bits per heavy atom. The molecule has 126 valence electrons. The largest absolute Gasteiger partial charge is 0.444 e. The second-order valence-corrected chi connectivity index (χ2v) is 7.98. The minimum Gasteiger partial charge on any atom is -0.444 e. The van der Waals surface area contributed by atoms with Gasteiger partial charge in [-0.25, -0.2) is 4.79 Å². The van der Waals surface area contributed by atoms with Gasteiger partial charge in [-0.05, 0) is 52.7 Å². The highest BCUT2D eigenvalue weighted by atomic mass is 16.6. The lowest BCUT2D eigenvalue weighted by molar-refractivity contribution is 0.0276. The summed E-state index contributed by atoms with van der Waals surface area (Å²) in [6.45, 7) is 11.4. The number of hydrogen-bond donors (Lipinski definition) is 0. The molecule has 2 aliphatic rings. The van der Waals surface area contributed by atoms with E-state index in [0.717, 1.165) is 44.7 Å². The van der Waals surface area contributed by atoms with Gasteiger partial charge in [0, 0.05) is 49.2 Å². The van der Waals surface area contributed by atoms with Crippen molar-refractivity contribution in [2.45, 2.75) is 46.1 Å². The van der Waals surface area contributed by atoms with Gasteiger partial charge in [0.25, 0.3) is 0 Å². The topological polar surface area (TPSA) is 45.7 Å². The van der Waals surface area contributed by atoms with E-state index in [0.29, 0.717) is 0 Å². The molecule has 0 aliphatic carbocycles. The molecule has 0 radical (unpaired) electrons. The second-order valence-electron chi connectivity index (χ2n) is 7.98. The van der Waals surface area contributed by atoms with Crippen LogP contribution in [0.15, 0.2) is 18.3 Å². The Balaban J connectivity index is 1.63. The van der Waals surface area contributed by atoms with E-state index in [-0.39, 0.29) is 11.5 Å². The number of rotatable bonds is 1. The molecule has 2 aliphatic heterocycles. The highest BCUT2D eigenvalue weighted by molar-refractivity contribution is 5.68. The van der Waals surface area contributed by atoms with Crippen LogP contribution in [0.25, 0.3) is 0 Å². The molecule has 3 heterocycles. The fourth-order valence-corrected chi connectivity index (χ4v) is 3.63. The van der Waals surface area contributed by atoms with E-state index in [2.05, 4.69) is 22.0 Å². The summed E-state index contributed by atoms with van der Waals surface area (Å²) in [6.07, 6.45) is 3.89. The quantitative estimate of drug-likeness (QED) is 0.798. The van der Waals surface area contributed by atoms with Crippen LogP contribution in [0.5, 0.6) is 0 Å². The lowest BCUT2D eigenvalue weighted by Crippen LogP contribution is -2.37. The number of ether oxygens (including phenoxy) is 1. The van der Waals surface area contributed by atoms with Crippen LogP contribution in [0.2, 0.25) is 0 Å². The molecule has 1 spiro atoms. The Morgan fingerprint density at radius 3 is 2.70 bits per heavy atom. The van der Waals surface area contributed by atoms with Crippen LogP contribution in [-0.2, 0) is 4.74 Å². The maximum absolute atomic E-state index is 12.3. The molecule has 0 aromatic carbocycles. The molecule has 2 fully saturated rings. The Hall–Kier alpha value is -1.78. The van der Waals surface area contributed by atoms with Crippen molar-refractivity contribution in [3.05, 3.63) is 24.0 Å². The summed E-state index contributed by atoms with van der Waals surface area (Å²) in [4.78, 5) is 20.9. The minimum absolute atomic E-state index is 0.174. The molecule has 0 bridgehead atoms. The smallest absolute Gasteiger partial charge is 0.410 e. The van der Waals surface area contributed by atoms with E-state index < -0.39 is 5.60 Å². The predicted octanol–water partition coefficient (Wildman–Crippen LogP) is 3.23. The van der Waals surface area contributed by atoms with Crippen molar-refractivity contribution in [1.29, 1.82) is 0 Å². The van der Waals surface area contributed by atoms with Crippen LogP contribution in [0.1, 0.15) is 39.3 Å². The molecule has 2 saturated heterocycles. The monoisotopic (exact) mass is 317 g/mol. The summed E-state index contributed by atoms with van der Waals surface area (Å²) < 4.78 is 5.52. The lowest BCUT2D eigenvalue weighted by Gasteiger charge is -2.27. The number of carbonyl (C=O) groups excluding carboxylic acids is 1. The number of likely N-dealkylation sites (tertiary alicyclic amines) is 1. The van der Waals surface area contributed by atoms with Gasteiger partial charge in [0.15, 0.2) is 0 Å². The zero-order valence-electron chi connectivity index (χ0n) is 14.6. The SMILES string of the molecule is Cc1cc(N2CCC3(CCN(C(=O)OC(C)(C)C)C3)C2)ccn1. The number of hydrogen-bond acceptors (Lipinski definition) is 4. The zero-order chi connectivity index (χ0) is 16.7. The summed E-state index contributed by atoms with van der Waals surface area (Å²) in [5.74, 6) is 0. The van der Waals surface area contributed by atoms with Crippen molar-refractivity contribution >= 4 is 11.8 Å². The maximum atomic E-state index is 12.3. The average Bonchev–Trinajstić information content (AvgIpc) is 3.05. The van der Waals surface area contributed by atoms with E-state index in [1.165, 1.54) is 5.69 Å². The Labute approximate surface area is 138 Å². The van der Waals surface area contributed by atoms with Gasteiger partial charge >= 0.3 is 6.09 Å². The van der Waals surface area contributed by atoms with Gasteiger partial charge in [-0.3, -0.25) is 4.98 Å². The molecule has 3 rings (SSSR count). The van der Waals surface area contributed by atoms with E-state index in [1.807, 2.05) is 38.8 Å². The van der Waals surface area contributed by atoms with Crippen LogP contribution < -0.4 is 4.90 Å². The van der Waals surface area contributed by atoms with E-state index in [1.54, 1.807) is 0 Å². The van der Waals surface area contributed by atoms with Gasteiger partial charge in [-0.1, -0.05) is 0 Å². The van der Waals surface area contributed by atoms with Crippen molar-refractivity contribution in [1.82, 2.24) is 9.88 Å². The Morgan fingerprint density at radius 2 is 2.00 bits per heavy atom. The van der Waals surface area contributed by atoms with Crippen LogP contribution in [-0.4, -0.2) is 47.8 Å². The summed E-state index contributed by atoms with van der Waals surface area (Å²) in [5.41, 5.74) is 2.08. The number of pyridine rings is 1. The fraction of sp³-hybridized carbons (Fsp3) is 0.667. The third kappa shape index (κ3) is 3.59. The first-order valence-corrected chi connectivity index (χ1v) is 8.42. The normalized spacial score (nSPS) is 24.5. The number of amides is 1. The second kappa shape index (κ2) is 5.69. The van der Waals surface area contributed by atoms with E-state index >= 15 is 0 Å². The van der Waals surface area contributed by atoms with Crippen LogP contribution in [0.3, 0.4) is 0 Å². The number of carbonyl (C=O) groups is 1. The van der Waals surface area contributed by atoms with Crippen molar-refractivity contribution in [2.75, 3.05) is 31.1 Å². The molecule has 1 unspecified atom stereocenters. The zero-order valence-corrected chi connectivity index (χ0v) is 14.6. The summed E-state index contributed by atoms with van der Waals surface area (Å²) in [6, 6.07) is 4.21. The molecule has 23 heavy (non-hydrogen) atoms. The van der Waals surface area contributed by atoms with Gasteiger partial charge < -0.3 is 14.5 Å². The van der Waals surface area contributed by atoms with Crippen molar-refractivity contribution < 1.29 is 9.53 Å². The number of anilines is 1. The summed E-state index contributed by atoms with van der Waals surface area (Å²) in [7, 11) is 0. The molecule has 1 aromatic rings. The van der Waals surface area contributed by atoms with Crippen molar-refractivity contribution in [3.63, 3.8) is 0 Å². The molecule has 1 aromatic heterocycles. The third-order valence-corrected chi connectivity index (χ3v) is 4.77. The third-order valence-electron chi connectivity index (χ3n) is 4.77. The van der Waals surface area contributed by atoms with E-state index in [9.17, 15) is 4.79 Å². The molecule has 5 nitrogen and oxygen atoms in total. The first-order valence-electron chi connectivity index (χ1n) is 8.42. The summed E-state index contributed by atoms with van der Waals surface area (Å²) >= 11 is 0. The maximum Gasteiger partial charge on any atom is 0.410 e. The van der Waals surface area contributed by atoms with Gasteiger partial charge in [-0.15, -0.1) is 0 Å². The fourth-order valence-electron chi connectivity index (χ4n) is 3.63. The molecule has 0 N–H and O–H groups in total.